The Morgan fingerprint density at radius 1 is 0.861 bits per heavy atom. The first kappa shape index (κ1) is 27.1. The van der Waals surface area contributed by atoms with Crippen molar-refractivity contribution < 1.29 is 22.7 Å². The molecular weight excluding hydrogens is 476 g/mol. The molecule has 0 spiro atoms. The highest BCUT2D eigenvalue weighted by Crippen LogP contribution is 2.30. The third-order valence-corrected chi connectivity index (χ3v) is 7.24. The van der Waals surface area contributed by atoms with Crippen molar-refractivity contribution in [3.05, 3.63) is 78.4 Å². The zero-order valence-corrected chi connectivity index (χ0v) is 22.0. The number of benzene rings is 3. The van der Waals surface area contributed by atoms with Gasteiger partial charge in [0, 0.05) is 11.4 Å². The Labute approximate surface area is 213 Å². The summed E-state index contributed by atoms with van der Waals surface area (Å²) in [5, 5.41) is 2.83. The average Bonchev–Trinajstić information content (AvgIpc) is 2.88. The fourth-order valence-corrected chi connectivity index (χ4v) is 4.69. The summed E-state index contributed by atoms with van der Waals surface area (Å²) in [4.78, 5) is 13.0. The molecule has 0 aliphatic carbocycles. The maximum atomic E-state index is 12.9. The van der Waals surface area contributed by atoms with Crippen molar-refractivity contribution >= 4 is 27.3 Å². The lowest BCUT2D eigenvalue weighted by Gasteiger charge is -2.21. The molecule has 2 unspecified atom stereocenters. The van der Waals surface area contributed by atoms with E-state index in [0.29, 0.717) is 41.8 Å². The summed E-state index contributed by atoms with van der Waals surface area (Å²) in [6.07, 6.45) is 0.769. The van der Waals surface area contributed by atoms with Crippen molar-refractivity contribution in [3.8, 4) is 11.5 Å². The van der Waals surface area contributed by atoms with Crippen LogP contribution in [0.3, 0.4) is 0 Å². The first-order chi connectivity index (χ1) is 17.3. The first-order valence-electron chi connectivity index (χ1n) is 12.2. The molecule has 2 atom stereocenters. The van der Waals surface area contributed by atoms with Crippen molar-refractivity contribution in [1.82, 2.24) is 0 Å². The zero-order chi connectivity index (χ0) is 26.1. The van der Waals surface area contributed by atoms with E-state index in [-0.39, 0.29) is 10.8 Å². The standard InChI is InChI=1S/C28H34N2O5S/c1-5-20(4)25-10-8-9-11-27(25)35-26(6-2)28(31)29-21-14-18-24(19-15-21)36(32,33)30-22-12-16-23(17-13-22)34-7-3/h8-20,26,30H,5-7H2,1-4H3,(H,29,31). The maximum absolute atomic E-state index is 12.9. The van der Waals surface area contributed by atoms with Crippen molar-refractivity contribution in [2.75, 3.05) is 16.6 Å². The van der Waals surface area contributed by atoms with Crippen LogP contribution in [0.5, 0.6) is 11.5 Å². The lowest BCUT2D eigenvalue weighted by molar-refractivity contribution is -0.122. The third kappa shape index (κ3) is 7.01. The number of carbonyl (C=O) groups is 1. The minimum absolute atomic E-state index is 0.0835. The maximum Gasteiger partial charge on any atom is 0.265 e. The highest BCUT2D eigenvalue weighted by Gasteiger charge is 2.21. The Hall–Kier alpha value is -3.52. The normalized spacial score (nSPS) is 12.9. The molecule has 7 nitrogen and oxygen atoms in total. The molecule has 0 saturated carbocycles. The van der Waals surface area contributed by atoms with Gasteiger partial charge >= 0.3 is 0 Å². The molecule has 0 aliphatic heterocycles. The molecule has 0 aromatic heterocycles. The Bertz CT molecular complexity index is 1240. The van der Waals surface area contributed by atoms with Gasteiger partial charge in [-0.25, -0.2) is 8.42 Å². The van der Waals surface area contributed by atoms with E-state index in [1.807, 2.05) is 38.1 Å². The largest absolute Gasteiger partial charge is 0.494 e. The van der Waals surface area contributed by atoms with Crippen LogP contribution >= 0.6 is 0 Å². The van der Waals surface area contributed by atoms with Crippen LogP contribution in [-0.2, 0) is 14.8 Å². The van der Waals surface area contributed by atoms with Crippen molar-refractivity contribution in [2.45, 2.75) is 57.5 Å². The fourth-order valence-electron chi connectivity index (χ4n) is 3.63. The highest BCUT2D eigenvalue weighted by molar-refractivity contribution is 7.92. The first-order valence-corrected chi connectivity index (χ1v) is 13.7. The SMILES string of the molecule is CCOc1ccc(NS(=O)(=O)c2ccc(NC(=O)C(CC)Oc3ccccc3C(C)CC)cc2)cc1. The Morgan fingerprint density at radius 3 is 2.11 bits per heavy atom. The van der Waals surface area contributed by atoms with E-state index in [1.54, 1.807) is 36.4 Å². The number of hydrogen-bond acceptors (Lipinski definition) is 5. The lowest BCUT2D eigenvalue weighted by atomic mass is 9.98. The summed E-state index contributed by atoms with van der Waals surface area (Å²) in [5.74, 6) is 1.39. The second kappa shape index (κ2) is 12.4. The summed E-state index contributed by atoms with van der Waals surface area (Å²) >= 11 is 0. The minimum atomic E-state index is -3.79. The summed E-state index contributed by atoms with van der Waals surface area (Å²) in [7, 11) is -3.79. The van der Waals surface area contributed by atoms with E-state index < -0.39 is 16.1 Å². The molecule has 0 heterocycles. The van der Waals surface area contributed by atoms with Crippen LogP contribution in [-0.4, -0.2) is 27.0 Å². The number of hydrogen-bond donors (Lipinski definition) is 2. The van der Waals surface area contributed by atoms with Crippen LogP contribution in [0.1, 0.15) is 52.0 Å². The van der Waals surface area contributed by atoms with Crippen LogP contribution in [0.4, 0.5) is 11.4 Å². The van der Waals surface area contributed by atoms with Gasteiger partial charge in [0.2, 0.25) is 0 Å². The molecule has 0 aliphatic rings. The lowest BCUT2D eigenvalue weighted by Crippen LogP contribution is -2.32. The van der Waals surface area contributed by atoms with Gasteiger partial charge in [0.15, 0.2) is 6.10 Å². The van der Waals surface area contributed by atoms with Gasteiger partial charge in [-0.1, -0.05) is 39.0 Å². The van der Waals surface area contributed by atoms with Crippen LogP contribution in [0.15, 0.2) is 77.7 Å². The predicted molar refractivity (Wildman–Crippen MR) is 143 cm³/mol. The van der Waals surface area contributed by atoms with E-state index in [1.165, 1.54) is 12.1 Å². The molecule has 0 saturated heterocycles. The fraction of sp³-hybridized carbons (Fsp3) is 0.321. The number of anilines is 2. The molecule has 3 aromatic carbocycles. The number of carbonyl (C=O) groups excluding carboxylic acids is 1. The van der Waals surface area contributed by atoms with Gasteiger partial charge in [0.1, 0.15) is 11.5 Å². The average molecular weight is 511 g/mol. The van der Waals surface area contributed by atoms with Gasteiger partial charge in [-0.15, -0.1) is 0 Å². The highest BCUT2D eigenvalue weighted by atomic mass is 32.2. The Balaban J connectivity index is 1.66. The number of nitrogens with one attached hydrogen (secondary N) is 2. The van der Waals surface area contributed by atoms with Crippen molar-refractivity contribution in [1.29, 1.82) is 0 Å². The quantitative estimate of drug-likeness (QED) is 0.303. The monoisotopic (exact) mass is 510 g/mol. The molecule has 0 bridgehead atoms. The summed E-state index contributed by atoms with van der Waals surface area (Å²) in [5.41, 5.74) is 1.98. The van der Waals surface area contributed by atoms with Crippen molar-refractivity contribution in [2.24, 2.45) is 0 Å². The molecule has 2 N–H and O–H groups in total. The molecule has 192 valence electrons. The van der Waals surface area contributed by atoms with Crippen LogP contribution < -0.4 is 19.5 Å². The van der Waals surface area contributed by atoms with Gasteiger partial charge in [0.05, 0.1) is 11.5 Å². The minimum Gasteiger partial charge on any atom is -0.494 e. The molecule has 8 heteroatoms. The van der Waals surface area contributed by atoms with E-state index in [0.717, 1.165) is 12.0 Å². The Morgan fingerprint density at radius 2 is 1.50 bits per heavy atom. The number of sulfonamides is 1. The number of amides is 1. The number of ether oxygens (including phenoxy) is 2. The molecule has 3 rings (SSSR count). The van der Waals surface area contributed by atoms with Gasteiger partial charge in [-0.3, -0.25) is 9.52 Å². The molecule has 0 fully saturated rings. The molecule has 0 radical (unpaired) electrons. The molecule has 1 amide bonds. The third-order valence-electron chi connectivity index (χ3n) is 5.84. The second-order valence-electron chi connectivity index (χ2n) is 8.44. The second-order valence-corrected chi connectivity index (χ2v) is 10.1. The van der Waals surface area contributed by atoms with Gasteiger partial charge in [-0.05, 0) is 85.8 Å². The summed E-state index contributed by atoms with van der Waals surface area (Å²) < 4.78 is 39.6. The predicted octanol–water partition coefficient (Wildman–Crippen LogP) is 6.20. The number of rotatable bonds is 12. The molecule has 3 aromatic rings. The topological polar surface area (TPSA) is 93.7 Å². The van der Waals surface area contributed by atoms with Crippen molar-refractivity contribution in [3.63, 3.8) is 0 Å². The van der Waals surface area contributed by atoms with Crippen LogP contribution in [0.25, 0.3) is 0 Å². The van der Waals surface area contributed by atoms with E-state index in [4.69, 9.17) is 9.47 Å². The molecule has 36 heavy (non-hydrogen) atoms. The van der Waals surface area contributed by atoms with Gasteiger partial charge in [-0.2, -0.15) is 0 Å². The zero-order valence-electron chi connectivity index (χ0n) is 21.2. The van der Waals surface area contributed by atoms with E-state index in [2.05, 4.69) is 23.9 Å². The number of para-hydroxylation sites is 1. The van der Waals surface area contributed by atoms with Gasteiger partial charge in [0.25, 0.3) is 15.9 Å². The van der Waals surface area contributed by atoms with E-state index in [9.17, 15) is 13.2 Å². The van der Waals surface area contributed by atoms with Gasteiger partial charge < -0.3 is 14.8 Å². The smallest absolute Gasteiger partial charge is 0.265 e. The van der Waals surface area contributed by atoms with Crippen LogP contribution in [0, 0.1) is 0 Å². The molecular formula is C28H34N2O5S. The summed E-state index contributed by atoms with van der Waals surface area (Å²) in [6, 6.07) is 20.5. The Kier molecular flexibility index (Phi) is 9.36. The van der Waals surface area contributed by atoms with Crippen LogP contribution in [0.2, 0.25) is 0 Å². The van der Waals surface area contributed by atoms with E-state index >= 15 is 0 Å². The summed E-state index contributed by atoms with van der Waals surface area (Å²) in [6.45, 7) is 8.54.